The van der Waals surface area contributed by atoms with Gasteiger partial charge in [0.1, 0.15) is 11.0 Å². The molecule has 2 aromatic carbocycles. The molecule has 2 amide bonds. The Morgan fingerprint density at radius 3 is 2.21 bits per heavy atom. The van der Waals surface area contributed by atoms with Crippen LogP contribution in [0.5, 0.6) is 0 Å². The zero-order chi connectivity index (χ0) is 19.9. The molecule has 0 spiro atoms. The fraction of sp³-hybridized carbons (Fsp3) is 0.238. The second kappa shape index (κ2) is 9.23. The SMILES string of the molecule is CC(C)C(=O)NC(Cc1ccccc1)C(=O)Nc1nnc(-c2ccccc2)s1. The highest BCUT2D eigenvalue weighted by Gasteiger charge is 2.23. The topological polar surface area (TPSA) is 84.0 Å². The highest BCUT2D eigenvalue weighted by atomic mass is 32.1. The van der Waals surface area contributed by atoms with Crippen LogP contribution < -0.4 is 10.6 Å². The molecule has 3 rings (SSSR count). The molecule has 1 unspecified atom stereocenters. The molecule has 0 radical (unpaired) electrons. The zero-order valence-corrected chi connectivity index (χ0v) is 16.6. The van der Waals surface area contributed by atoms with Crippen LogP contribution in [0.4, 0.5) is 5.13 Å². The van der Waals surface area contributed by atoms with Crippen molar-refractivity contribution in [3.8, 4) is 10.6 Å². The van der Waals surface area contributed by atoms with Gasteiger partial charge in [-0.05, 0) is 5.56 Å². The fourth-order valence-corrected chi connectivity index (χ4v) is 3.31. The van der Waals surface area contributed by atoms with Gasteiger partial charge in [-0.1, -0.05) is 85.8 Å². The van der Waals surface area contributed by atoms with Crippen LogP contribution in [0.1, 0.15) is 19.4 Å². The van der Waals surface area contributed by atoms with Gasteiger partial charge in [-0.2, -0.15) is 0 Å². The summed E-state index contributed by atoms with van der Waals surface area (Å²) >= 11 is 1.30. The Balaban J connectivity index is 1.73. The predicted molar refractivity (Wildman–Crippen MR) is 111 cm³/mol. The zero-order valence-electron chi connectivity index (χ0n) is 15.8. The second-order valence-electron chi connectivity index (χ2n) is 6.67. The van der Waals surface area contributed by atoms with Gasteiger partial charge in [-0.25, -0.2) is 0 Å². The predicted octanol–water partition coefficient (Wildman–Crippen LogP) is 3.53. The number of aromatic nitrogens is 2. The summed E-state index contributed by atoms with van der Waals surface area (Å²) < 4.78 is 0. The van der Waals surface area contributed by atoms with Crippen molar-refractivity contribution in [2.24, 2.45) is 5.92 Å². The summed E-state index contributed by atoms with van der Waals surface area (Å²) in [6.45, 7) is 3.59. The molecule has 0 aliphatic heterocycles. The first kappa shape index (κ1) is 19.7. The first-order valence-corrected chi connectivity index (χ1v) is 9.88. The lowest BCUT2D eigenvalue weighted by atomic mass is 10.0. The van der Waals surface area contributed by atoms with Crippen molar-refractivity contribution in [1.29, 1.82) is 0 Å². The minimum Gasteiger partial charge on any atom is -0.344 e. The molecule has 0 fully saturated rings. The van der Waals surface area contributed by atoms with Gasteiger partial charge in [0.15, 0.2) is 0 Å². The highest BCUT2D eigenvalue weighted by molar-refractivity contribution is 7.18. The van der Waals surface area contributed by atoms with E-state index in [9.17, 15) is 9.59 Å². The quantitative estimate of drug-likeness (QED) is 0.642. The van der Waals surface area contributed by atoms with E-state index in [-0.39, 0.29) is 17.7 Å². The molecule has 144 valence electrons. The molecule has 0 aliphatic rings. The number of anilines is 1. The maximum absolute atomic E-state index is 12.8. The average Bonchev–Trinajstić information content (AvgIpc) is 3.17. The van der Waals surface area contributed by atoms with Crippen LogP contribution in [0, 0.1) is 5.92 Å². The molecular weight excluding hydrogens is 372 g/mol. The van der Waals surface area contributed by atoms with E-state index in [1.165, 1.54) is 11.3 Å². The smallest absolute Gasteiger partial charge is 0.249 e. The Kier molecular flexibility index (Phi) is 6.49. The van der Waals surface area contributed by atoms with Crippen LogP contribution in [-0.4, -0.2) is 28.1 Å². The Morgan fingerprint density at radius 1 is 0.929 bits per heavy atom. The van der Waals surface area contributed by atoms with E-state index < -0.39 is 6.04 Å². The van der Waals surface area contributed by atoms with Crippen LogP contribution in [0.15, 0.2) is 60.7 Å². The monoisotopic (exact) mass is 394 g/mol. The summed E-state index contributed by atoms with van der Waals surface area (Å²) in [5.41, 5.74) is 1.91. The summed E-state index contributed by atoms with van der Waals surface area (Å²) in [6, 6.07) is 18.5. The van der Waals surface area contributed by atoms with E-state index in [1.807, 2.05) is 60.7 Å². The average molecular weight is 395 g/mol. The van der Waals surface area contributed by atoms with E-state index in [1.54, 1.807) is 13.8 Å². The summed E-state index contributed by atoms with van der Waals surface area (Å²) in [6.07, 6.45) is 0.398. The van der Waals surface area contributed by atoms with Crippen LogP contribution in [0.25, 0.3) is 10.6 Å². The van der Waals surface area contributed by atoms with Crippen molar-refractivity contribution in [2.45, 2.75) is 26.3 Å². The maximum Gasteiger partial charge on any atom is 0.249 e. The lowest BCUT2D eigenvalue weighted by molar-refractivity contribution is -0.128. The van der Waals surface area contributed by atoms with Crippen LogP contribution in [-0.2, 0) is 16.0 Å². The van der Waals surface area contributed by atoms with Crippen molar-refractivity contribution in [3.63, 3.8) is 0 Å². The Bertz CT molecular complexity index is 926. The van der Waals surface area contributed by atoms with Crippen molar-refractivity contribution < 1.29 is 9.59 Å². The van der Waals surface area contributed by atoms with Crippen molar-refractivity contribution in [2.75, 3.05) is 5.32 Å². The van der Waals surface area contributed by atoms with E-state index in [4.69, 9.17) is 0 Å². The molecule has 0 saturated carbocycles. The van der Waals surface area contributed by atoms with Crippen LogP contribution >= 0.6 is 11.3 Å². The van der Waals surface area contributed by atoms with Gasteiger partial charge in [-0.3, -0.25) is 14.9 Å². The van der Waals surface area contributed by atoms with Gasteiger partial charge in [0.2, 0.25) is 16.9 Å². The number of nitrogens with one attached hydrogen (secondary N) is 2. The minimum atomic E-state index is -0.693. The standard InChI is InChI=1S/C21H22N4O2S/c1-14(2)18(26)22-17(13-15-9-5-3-6-10-15)19(27)23-21-25-24-20(28-21)16-11-7-4-8-12-16/h3-12,14,17H,13H2,1-2H3,(H,22,26)(H,23,25,27). The number of carbonyl (C=O) groups excluding carboxylic acids is 2. The van der Waals surface area contributed by atoms with Gasteiger partial charge >= 0.3 is 0 Å². The molecule has 1 aromatic heterocycles. The number of carbonyl (C=O) groups is 2. The van der Waals surface area contributed by atoms with Gasteiger partial charge in [0.25, 0.3) is 0 Å². The maximum atomic E-state index is 12.8. The largest absolute Gasteiger partial charge is 0.344 e. The third-order valence-electron chi connectivity index (χ3n) is 4.12. The first-order chi connectivity index (χ1) is 13.5. The Labute approximate surface area is 168 Å². The van der Waals surface area contributed by atoms with E-state index in [2.05, 4.69) is 20.8 Å². The molecule has 0 bridgehead atoms. The summed E-state index contributed by atoms with van der Waals surface area (Å²) in [7, 11) is 0. The molecule has 6 nitrogen and oxygen atoms in total. The third kappa shape index (κ3) is 5.23. The summed E-state index contributed by atoms with van der Waals surface area (Å²) in [5, 5.41) is 14.9. The lowest BCUT2D eigenvalue weighted by Gasteiger charge is -2.19. The number of rotatable bonds is 7. The summed E-state index contributed by atoms with van der Waals surface area (Å²) in [4.78, 5) is 25.0. The molecule has 0 saturated heterocycles. The van der Waals surface area contributed by atoms with Crippen molar-refractivity contribution >= 4 is 28.3 Å². The summed E-state index contributed by atoms with van der Waals surface area (Å²) in [5.74, 6) is -0.691. The molecular formula is C21H22N4O2S. The van der Waals surface area contributed by atoms with Gasteiger partial charge in [-0.15, -0.1) is 10.2 Å². The van der Waals surface area contributed by atoms with Gasteiger partial charge in [0, 0.05) is 17.9 Å². The molecule has 1 heterocycles. The fourth-order valence-electron chi connectivity index (χ4n) is 2.56. The molecule has 3 aromatic rings. The Morgan fingerprint density at radius 2 is 1.57 bits per heavy atom. The van der Waals surface area contributed by atoms with Gasteiger partial charge < -0.3 is 5.32 Å². The molecule has 7 heteroatoms. The van der Waals surface area contributed by atoms with E-state index in [0.29, 0.717) is 11.6 Å². The van der Waals surface area contributed by atoms with Gasteiger partial charge in [0.05, 0.1) is 0 Å². The number of benzene rings is 2. The molecule has 2 N–H and O–H groups in total. The molecule has 1 atom stereocenters. The molecule has 0 aliphatic carbocycles. The first-order valence-electron chi connectivity index (χ1n) is 9.07. The minimum absolute atomic E-state index is 0.168. The third-order valence-corrected chi connectivity index (χ3v) is 5.00. The number of amides is 2. The number of nitrogens with zero attached hydrogens (tertiary/aromatic N) is 2. The second-order valence-corrected chi connectivity index (χ2v) is 7.65. The van der Waals surface area contributed by atoms with E-state index >= 15 is 0 Å². The highest BCUT2D eigenvalue weighted by Crippen LogP contribution is 2.26. The normalized spacial score (nSPS) is 11.8. The van der Waals surface area contributed by atoms with Crippen LogP contribution in [0.2, 0.25) is 0 Å². The van der Waals surface area contributed by atoms with Crippen molar-refractivity contribution in [1.82, 2.24) is 15.5 Å². The molecule has 28 heavy (non-hydrogen) atoms. The lowest BCUT2D eigenvalue weighted by Crippen LogP contribution is -2.46. The van der Waals surface area contributed by atoms with Crippen LogP contribution in [0.3, 0.4) is 0 Å². The Hall–Kier alpha value is -3.06. The van der Waals surface area contributed by atoms with E-state index in [0.717, 1.165) is 16.1 Å². The number of hydrogen-bond acceptors (Lipinski definition) is 5. The number of hydrogen-bond donors (Lipinski definition) is 2. The van der Waals surface area contributed by atoms with Crippen molar-refractivity contribution in [3.05, 3.63) is 66.2 Å².